The van der Waals surface area contributed by atoms with E-state index in [-0.39, 0.29) is 0 Å². The van der Waals surface area contributed by atoms with Gasteiger partial charge in [0.05, 0.1) is 0 Å². The van der Waals surface area contributed by atoms with Gasteiger partial charge in [-0.1, -0.05) is 27.2 Å². The van der Waals surface area contributed by atoms with E-state index in [1.165, 1.54) is 51.7 Å². The molecule has 2 rings (SSSR count). The topological polar surface area (TPSA) is 15.3 Å². The average molecular weight is 238 g/mol. The van der Waals surface area contributed by atoms with Crippen LogP contribution in [0.25, 0.3) is 0 Å². The van der Waals surface area contributed by atoms with E-state index in [0.717, 1.165) is 18.5 Å². The lowest BCUT2D eigenvalue weighted by Gasteiger charge is -2.40. The second-order valence-electron chi connectivity index (χ2n) is 6.86. The van der Waals surface area contributed by atoms with Crippen LogP contribution in [0.1, 0.15) is 52.9 Å². The summed E-state index contributed by atoms with van der Waals surface area (Å²) in [6.07, 6.45) is 7.07. The SMILES string of the molecule is CCNC1CCCC1CN1CCCC(C)(C)C1. The summed E-state index contributed by atoms with van der Waals surface area (Å²) in [5.41, 5.74) is 0.546. The van der Waals surface area contributed by atoms with Gasteiger partial charge in [-0.15, -0.1) is 0 Å². The van der Waals surface area contributed by atoms with E-state index < -0.39 is 0 Å². The highest BCUT2D eigenvalue weighted by Gasteiger charge is 2.32. The lowest BCUT2D eigenvalue weighted by atomic mass is 9.83. The van der Waals surface area contributed by atoms with Crippen LogP contribution in [0.4, 0.5) is 0 Å². The Hall–Kier alpha value is -0.0800. The van der Waals surface area contributed by atoms with Gasteiger partial charge in [-0.25, -0.2) is 0 Å². The van der Waals surface area contributed by atoms with Crippen LogP contribution in [-0.2, 0) is 0 Å². The summed E-state index contributed by atoms with van der Waals surface area (Å²) < 4.78 is 0. The van der Waals surface area contributed by atoms with E-state index in [1.54, 1.807) is 0 Å². The number of nitrogens with one attached hydrogen (secondary N) is 1. The molecule has 0 bridgehead atoms. The van der Waals surface area contributed by atoms with Crippen molar-refractivity contribution in [2.24, 2.45) is 11.3 Å². The van der Waals surface area contributed by atoms with Gasteiger partial charge in [-0.05, 0) is 50.1 Å². The normalized spacial score (nSPS) is 34.1. The predicted molar refractivity (Wildman–Crippen MR) is 74.3 cm³/mol. The van der Waals surface area contributed by atoms with Gasteiger partial charge in [0.15, 0.2) is 0 Å². The molecule has 0 aromatic heterocycles. The van der Waals surface area contributed by atoms with E-state index in [0.29, 0.717) is 5.41 Å². The largest absolute Gasteiger partial charge is 0.314 e. The van der Waals surface area contributed by atoms with Gasteiger partial charge >= 0.3 is 0 Å². The lowest BCUT2D eigenvalue weighted by molar-refractivity contribution is 0.0977. The Morgan fingerprint density at radius 1 is 1.24 bits per heavy atom. The zero-order valence-electron chi connectivity index (χ0n) is 12.0. The van der Waals surface area contributed by atoms with Gasteiger partial charge in [0.1, 0.15) is 0 Å². The Kier molecular flexibility index (Phi) is 4.48. The summed E-state index contributed by atoms with van der Waals surface area (Å²) in [7, 11) is 0. The van der Waals surface area contributed by atoms with E-state index in [4.69, 9.17) is 0 Å². The van der Waals surface area contributed by atoms with Crippen LogP contribution in [-0.4, -0.2) is 37.1 Å². The second-order valence-corrected chi connectivity index (χ2v) is 6.86. The summed E-state index contributed by atoms with van der Waals surface area (Å²) >= 11 is 0. The van der Waals surface area contributed by atoms with Gasteiger partial charge in [0, 0.05) is 19.1 Å². The summed E-state index contributed by atoms with van der Waals surface area (Å²) in [6.45, 7) is 12.2. The molecule has 2 atom stereocenters. The third-order valence-electron chi connectivity index (χ3n) is 4.60. The summed E-state index contributed by atoms with van der Waals surface area (Å²) in [4.78, 5) is 2.73. The van der Waals surface area contributed by atoms with Crippen molar-refractivity contribution in [3.05, 3.63) is 0 Å². The number of hydrogen-bond donors (Lipinski definition) is 1. The first-order chi connectivity index (χ1) is 8.11. The zero-order chi connectivity index (χ0) is 12.3. The number of likely N-dealkylation sites (tertiary alicyclic amines) is 1. The van der Waals surface area contributed by atoms with Gasteiger partial charge in [0.25, 0.3) is 0 Å². The van der Waals surface area contributed by atoms with Crippen LogP contribution in [0.3, 0.4) is 0 Å². The number of nitrogens with zero attached hydrogens (tertiary/aromatic N) is 1. The third kappa shape index (κ3) is 3.69. The van der Waals surface area contributed by atoms with Crippen molar-refractivity contribution in [1.29, 1.82) is 0 Å². The summed E-state index contributed by atoms with van der Waals surface area (Å²) in [5, 5.41) is 3.68. The minimum Gasteiger partial charge on any atom is -0.314 e. The molecule has 100 valence electrons. The first-order valence-electron chi connectivity index (χ1n) is 7.56. The second kappa shape index (κ2) is 5.71. The van der Waals surface area contributed by atoms with Crippen molar-refractivity contribution in [2.45, 2.75) is 58.9 Å². The first kappa shape index (κ1) is 13.4. The highest BCUT2D eigenvalue weighted by molar-refractivity contribution is 4.87. The smallest absolute Gasteiger partial charge is 0.0107 e. The minimum absolute atomic E-state index is 0.546. The highest BCUT2D eigenvalue weighted by Crippen LogP contribution is 2.32. The molecule has 1 N–H and O–H groups in total. The number of hydrogen-bond acceptors (Lipinski definition) is 2. The standard InChI is InChI=1S/C15H30N2/c1-4-16-14-8-5-7-13(14)11-17-10-6-9-15(2,3)12-17/h13-14,16H,4-12H2,1-3H3. The molecule has 0 aromatic rings. The Labute approximate surface area is 107 Å². The summed E-state index contributed by atoms with van der Waals surface area (Å²) in [6, 6.07) is 0.796. The molecule has 1 aliphatic heterocycles. The lowest BCUT2D eigenvalue weighted by Crippen LogP contribution is -2.45. The number of piperidine rings is 1. The van der Waals surface area contributed by atoms with Gasteiger partial charge < -0.3 is 10.2 Å². The molecule has 1 saturated carbocycles. The maximum Gasteiger partial charge on any atom is 0.0107 e. The molecule has 1 aliphatic carbocycles. The molecule has 1 heterocycles. The van der Waals surface area contributed by atoms with Crippen LogP contribution < -0.4 is 5.32 Å². The Balaban J connectivity index is 1.83. The van der Waals surface area contributed by atoms with Crippen molar-refractivity contribution < 1.29 is 0 Å². The van der Waals surface area contributed by atoms with E-state index >= 15 is 0 Å². The van der Waals surface area contributed by atoms with Crippen molar-refractivity contribution in [1.82, 2.24) is 10.2 Å². The van der Waals surface area contributed by atoms with E-state index in [1.807, 2.05) is 0 Å². The molecular weight excluding hydrogens is 208 g/mol. The van der Waals surface area contributed by atoms with Crippen LogP contribution in [0.2, 0.25) is 0 Å². The molecule has 2 aliphatic rings. The van der Waals surface area contributed by atoms with Crippen LogP contribution in [0.15, 0.2) is 0 Å². The van der Waals surface area contributed by atoms with Crippen LogP contribution in [0, 0.1) is 11.3 Å². The zero-order valence-corrected chi connectivity index (χ0v) is 12.0. The first-order valence-corrected chi connectivity index (χ1v) is 7.56. The van der Waals surface area contributed by atoms with Crippen molar-refractivity contribution in [2.75, 3.05) is 26.2 Å². The molecule has 1 saturated heterocycles. The Morgan fingerprint density at radius 3 is 2.76 bits per heavy atom. The third-order valence-corrected chi connectivity index (χ3v) is 4.60. The monoisotopic (exact) mass is 238 g/mol. The summed E-state index contributed by atoms with van der Waals surface area (Å²) in [5.74, 6) is 0.906. The maximum absolute atomic E-state index is 3.68. The molecule has 0 radical (unpaired) electrons. The highest BCUT2D eigenvalue weighted by atomic mass is 15.1. The molecule has 0 spiro atoms. The van der Waals surface area contributed by atoms with Crippen molar-refractivity contribution in [3.63, 3.8) is 0 Å². The van der Waals surface area contributed by atoms with Gasteiger partial charge in [-0.2, -0.15) is 0 Å². The fourth-order valence-corrected chi connectivity index (χ4v) is 3.82. The number of rotatable bonds is 4. The fraction of sp³-hybridized carbons (Fsp3) is 1.00. The molecule has 0 aromatic carbocycles. The molecule has 0 amide bonds. The maximum atomic E-state index is 3.68. The minimum atomic E-state index is 0.546. The molecule has 2 unspecified atom stereocenters. The van der Waals surface area contributed by atoms with Crippen LogP contribution >= 0.6 is 0 Å². The van der Waals surface area contributed by atoms with E-state index in [9.17, 15) is 0 Å². The average Bonchev–Trinajstić information content (AvgIpc) is 2.65. The van der Waals surface area contributed by atoms with E-state index in [2.05, 4.69) is 31.0 Å². The quantitative estimate of drug-likeness (QED) is 0.810. The molecule has 17 heavy (non-hydrogen) atoms. The molecular formula is C15H30N2. The molecule has 2 fully saturated rings. The van der Waals surface area contributed by atoms with Crippen molar-refractivity contribution >= 4 is 0 Å². The Bertz CT molecular complexity index is 237. The predicted octanol–water partition coefficient (Wildman–Crippen LogP) is 2.89. The fourth-order valence-electron chi connectivity index (χ4n) is 3.82. The van der Waals surface area contributed by atoms with Gasteiger partial charge in [0.2, 0.25) is 0 Å². The van der Waals surface area contributed by atoms with Gasteiger partial charge in [-0.3, -0.25) is 0 Å². The Morgan fingerprint density at radius 2 is 2.06 bits per heavy atom. The molecule has 2 nitrogen and oxygen atoms in total. The van der Waals surface area contributed by atoms with Crippen LogP contribution in [0.5, 0.6) is 0 Å². The molecule has 2 heteroatoms. The van der Waals surface area contributed by atoms with Crippen molar-refractivity contribution in [3.8, 4) is 0 Å².